The van der Waals surface area contributed by atoms with Crippen LogP contribution in [-0.2, 0) is 26.9 Å². The molecule has 0 saturated heterocycles. The van der Waals surface area contributed by atoms with Crippen LogP contribution in [0.15, 0.2) is 40.5 Å². The molecule has 1 atom stereocenters. The van der Waals surface area contributed by atoms with Gasteiger partial charge in [-0.05, 0) is 24.6 Å². The second-order valence-corrected chi connectivity index (χ2v) is 6.61. The molecule has 1 unspecified atom stereocenters. The van der Waals surface area contributed by atoms with E-state index in [1.54, 1.807) is 32.1 Å². The Morgan fingerprint density at radius 2 is 2.20 bits per heavy atom. The maximum absolute atomic E-state index is 11.7. The van der Waals surface area contributed by atoms with Crippen molar-refractivity contribution in [3.05, 3.63) is 46.1 Å². The molecular weight excluding hydrogens is 366 g/mol. The van der Waals surface area contributed by atoms with Gasteiger partial charge >= 0.3 is 0 Å². The van der Waals surface area contributed by atoms with Gasteiger partial charge in [-0.25, -0.2) is 9.79 Å². The molecule has 1 aliphatic heterocycles. The molecule has 9 heteroatoms. The highest BCUT2D eigenvalue weighted by Gasteiger charge is 2.23. The van der Waals surface area contributed by atoms with Crippen LogP contribution in [0.3, 0.4) is 0 Å². The summed E-state index contributed by atoms with van der Waals surface area (Å²) < 4.78 is 22.3. The van der Waals surface area contributed by atoms with Crippen molar-refractivity contribution in [3.63, 3.8) is 0 Å². The third kappa shape index (κ3) is 4.63. The van der Waals surface area contributed by atoms with E-state index in [9.17, 15) is 9.00 Å². The fourth-order valence-corrected chi connectivity index (χ4v) is 2.83. The van der Waals surface area contributed by atoms with Crippen molar-refractivity contribution in [1.82, 2.24) is 10.6 Å². The van der Waals surface area contributed by atoms with Crippen molar-refractivity contribution in [2.45, 2.75) is 13.5 Å². The molecule has 0 saturated carbocycles. The number of amidine groups is 1. The Morgan fingerprint density at radius 3 is 2.76 bits per heavy atom. The topological polar surface area (TPSA) is 89.0 Å². The van der Waals surface area contributed by atoms with Gasteiger partial charge < -0.3 is 20.1 Å². The predicted octanol–water partition coefficient (Wildman–Crippen LogP) is 1.70. The minimum absolute atomic E-state index is 0.0531. The molecule has 7 nitrogen and oxygen atoms in total. The highest BCUT2D eigenvalue weighted by Crippen LogP contribution is 2.25. The van der Waals surface area contributed by atoms with Crippen molar-refractivity contribution < 1.29 is 18.5 Å². The summed E-state index contributed by atoms with van der Waals surface area (Å²) in [6, 6.07) is 5.36. The molecule has 1 aliphatic rings. The Labute approximate surface area is 153 Å². The van der Waals surface area contributed by atoms with Gasteiger partial charge in [0.1, 0.15) is 5.75 Å². The zero-order chi connectivity index (χ0) is 18.4. The van der Waals surface area contributed by atoms with Gasteiger partial charge in [-0.15, -0.1) is 0 Å². The minimum Gasteiger partial charge on any atom is -0.495 e. The smallest absolute Gasteiger partial charge is 0.199 e. The molecule has 0 aliphatic carbocycles. The lowest BCUT2D eigenvalue weighted by atomic mass is 10.2. The van der Waals surface area contributed by atoms with Crippen LogP contribution < -0.4 is 15.4 Å². The Bertz CT molecular complexity index is 801. The van der Waals surface area contributed by atoms with Crippen LogP contribution in [-0.4, -0.2) is 35.3 Å². The van der Waals surface area contributed by atoms with Crippen molar-refractivity contribution in [3.8, 4) is 5.75 Å². The van der Waals surface area contributed by atoms with Crippen molar-refractivity contribution >= 4 is 33.5 Å². The van der Waals surface area contributed by atoms with Crippen LogP contribution in [0, 0.1) is 0 Å². The zero-order valence-corrected chi connectivity index (χ0v) is 15.6. The Balaban J connectivity index is 2.30. The first-order valence-electron chi connectivity index (χ1n) is 7.38. The van der Waals surface area contributed by atoms with Gasteiger partial charge in [-0.1, -0.05) is 17.7 Å². The molecule has 25 heavy (non-hydrogen) atoms. The Kier molecular flexibility index (Phi) is 6.64. The number of nitrogens with zero attached hydrogens (tertiary/aromatic N) is 1. The SMILES string of the molecule is CCOC1=C(NCc2ccc(OC)c(Cl)c2)N=C(S(C)=O)NC1=C=O. The van der Waals surface area contributed by atoms with Crippen LogP contribution >= 0.6 is 11.6 Å². The van der Waals surface area contributed by atoms with Crippen molar-refractivity contribution in [1.29, 1.82) is 0 Å². The number of hydrogen-bond donors (Lipinski definition) is 2. The molecular formula is C16H18ClN3O4S. The average Bonchev–Trinajstić information content (AvgIpc) is 2.60. The number of methoxy groups -OCH3 is 1. The standard InChI is InChI=1S/C16H18ClN3O4S/c1-4-24-14-12(9-21)19-16(25(3)22)20-15(14)18-8-10-5-6-13(23-2)11(17)7-10/h5-7,18H,4,8H2,1-3H3,(H,19,20). The Morgan fingerprint density at radius 1 is 1.44 bits per heavy atom. The molecule has 0 spiro atoms. The summed E-state index contributed by atoms with van der Waals surface area (Å²) in [6.07, 6.45) is 1.46. The maximum atomic E-state index is 11.7. The van der Waals surface area contributed by atoms with Gasteiger partial charge in [-0.3, -0.25) is 4.21 Å². The number of benzene rings is 1. The van der Waals surface area contributed by atoms with E-state index in [1.165, 1.54) is 6.26 Å². The normalized spacial score (nSPS) is 15.0. The van der Waals surface area contributed by atoms with E-state index in [0.29, 0.717) is 29.7 Å². The van der Waals surface area contributed by atoms with Gasteiger partial charge in [0.2, 0.25) is 0 Å². The van der Waals surface area contributed by atoms with E-state index in [-0.39, 0.29) is 16.6 Å². The third-order valence-electron chi connectivity index (χ3n) is 3.23. The predicted molar refractivity (Wildman–Crippen MR) is 97.3 cm³/mol. The van der Waals surface area contributed by atoms with Gasteiger partial charge in [0.25, 0.3) is 0 Å². The maximum Gasteiger partial charge on any atom is 0.199 e. The summed E-state index contributed by atoms with van der Waals surface area (Å²) in [5, 5.41) is 6.39. The summed E-state index contributed by atoms with van der Waals surface area (Å²) in [5.41, 5.74) is 0.927. The van der Waals surface area contributed by atoms with Crippen LogP contribution in [0.25, 0.3) is 0 Å². The van der Waals surface area contributed by atoms with Gasteiger partial charge in [0.15, 0.2) is 28.4 Å². The number of halogens is 1. The molecule has 0 bridgehead atoms. The molecule has 2 N–H and O–H groups in total. The second-order valence-electron chi connectivity index (χ2n) is 4.91. The van der Waals surface area contributed by atoms with E-state index in [1.807, 2.05) is 6.07 Å². The number of carbonyl (C=O) groups excluding carboxylic acids is 1. The van der Waals surface area contributed by atoms with Gasteiger partial charge in [-0.2, -0.15) is 0 Å². The molecule has 0 fully saturated rings. The van der Waals surface area contributed by atoms with E-state index in [2.05, 4.69) is 15.6 Å². The molecule has 1 aromatic carbocycles. The zero-order valence-electron chi connectivity index (χ0n) is 14.0. The van der Waals surface area contributed by atoms with Gasteiger partial charge in [0, 0.05) is 12.8 Å². The fraction of sp³-hybridized carbons (Fsp3) is 0.312. The second kappa shape index (κ2) is 8.71. The summed E-state index contributed by atoms with van der Waals surface area (Å²) in [7, 11) is 0.145. The first-order valence-corrected chi connectivity index (χ1v) is 9.31. The Hall–Kier alpha value is -2.28. The number of hydrogen-bond acceptors (Lipinski definition) is 7. The average molecular weight is 384 g/mol. The lowest BCUT2D eigenvalue weighted by Gasteiger charge is -2.21. The van der Waals surface area contributed by atoms with E-state index >= 15 is 0 Å². The lowest BCUT2D eigenvalue weighted by Crippen LogP contribution is -2.34. The quantitative estimate of drug-likeness (QED) is 0.727. The number of aliphatic imine (C=N–C) groups is 1. The number of nitrogens with one attached hydrogen (secondary N) is 2. The molecule has 0 aromatic heterocycles. The van der Waals surface area contributed by atoms with E-state index < -0.39 is 10.8 Å². The van der Waals surface area contributed by atoms with Gasteiger partial charge in [0.05, 0.1) is 29.5 Å². The molecule has 2 rings (SSSR count). The van der Waals surface area contributed by atoms with Crippen LogP contribution in [0.4, 0.5) is 0 Å². The van der Waals surface area contributed by atoms with E-state index in [4.69, 9.17) is 21.1 Å². The summed E-state index contributed by atoms with van der Waals surface area (Å²) in [5.74, 6) is 2.86. The highest BCUT2D eigenvalue weighted by atomic mass is 35.5. The summed E-state index contributed by atoms with van der Waals surface area (Å²) in [6.45, 7) is 2.49. The van der Waals surface area contributed by atoms with Crippen LogP contribution in [0.2, 0.25) is 5.02 Å². The highest BCUT2D eigenvalue weighted by molar-refractivity contribution is 7.99. The lowest BCUT2D eigenvalue weighted by molar-refractivity contribution is 0.228. The molecule has 0 amide bonds. The monoisotopic (exact) mass is 383 g/mol. The summed E-state index contributed by atoms with van der Waals surface area (Å²) in [4.78, 5) is 15.4. The fourth-order valence-electron chi connectivity index (χ4n) is 2.08. The first-order chi connectivity index (χ1) is 12.0. The van der Waals surface area contributed by atoms with Crippen LogP contribution in [0.1, 0.15) is 12.5 Å². The molecule has 134 valence electrons. The van der Waals surface area contributed by atoms with Crippen molar-refractivity contribution in [2.24, 2.45) is 4.99 Å². The van der Waals surface area contributed by atoms with Crippen LogP contribution in [0.5, 0.6) is 5.75 Å². The summed E-state index contributed by atoms with van der Waals surface area (Å²) >= 11 is 6.12. The largest absolute Gasteiger partial charge is 0.495 e. The third-order valence-corrected chi connectivity index (χ3v) is 4.26. The number of rotatable bonds is 6. The first kappa shape index (κ1) is 19.1. The molecule has 1 aromatic rings. The minimum atomic E-state index is -1.40. The van der Waals surface area contributed by atoms with Crippen molar-refractivity contribution in [2.75, 3.05) is 20.0 Å². The molecule has 1 heterocycles. The number of ether oxygens (including phenoxy) is 2. The van der Waals surface area contributed by atoms with E-state index in [0.717, 1.165) is 5.56 Å². The molecule has 0 radical (unpaired) electrons.